The van der Waals surface area contributed by atoms with E-state index in [2.05, 4.69) is 24.1 Å². The van der Waals surface area contributed by atoms with Gasteiger partial charge in [-0.05, 0) is 24.1 Å². The number of methoxy groups -OCH3 is 1. The fourth-order valence-corrected chi connectivity index (χ4v) is 3.73. The molecule has 152 valence electrons. The van der Waals surface area contributed by atoms with Gasteiger partial charge in [-0.3, -0.25) is 9.69 Å². The van der Waals surface area contributed by atoms with Crippen LogP contribution in [0.2, 0.25) is 5.02 Å². The van der Waals surface area contributed by atoms with Gasteiger partial charge in [0.25, 0.3) is 5.91 Å². The van der Waals surface area contributed by atoms with E-state index in [4.69, 9.17) is 21.1 Å². The molecule has 1 N–H and O–H groups in total. The minimum Gasteiger partial charge on any atom is -0.496 e. The number of amides is 1. The molecule has 3 rings (SSSR count). The summed E-state index contributed by atoms with van der Waals surface area (Å²) in [6, 6.07) is 7.25. The van der Waals surface area contributed by atoms with E-state index < -0.39 is 0 Å². The normalized spacial score (nSPS) is 17.7. The molecule has 6 nitrogen and oxygen atoms in total. The van der Waals surface area contributed by atoms with E-state index in [1.54, 1.807) is 19.2 Å². The maximum atomic E-state index is 12.8. The Morgan fingerprint density at radius 1 is 1.36 bits per heavy atom. The molecule has 2 aromatic rings. The van der Waals surface area contributed by atoms with E-state index in [1.165, 1.54) is 0 Å². The van der Waals surface area contributed by atoms with Gasteiger partial charge in [-0.2, -0.15) is 0 Å². The van der Waals surface area contributed by atoms with Gasteiger partial charge < -0.3 is 19.4 Å². The summed E-state index contributed by atoms with van der Waals surface area (Å²) >= 11 is 6.42. The number of aromatic nitrogens is 1. The van der Waals surface area contributed by atoms with Crippen LogP contribution in [0, 0.1) is 5.92 Å². The molecular formula is C21H28ClN3O3. The summed E-state index contributed by atoms with van der Waals surface area (Å²) in [5, 5.41) is 3.45. The number of morpholine rings is 1. The van der Waals surface area contributed by atoms with E-state index in [0.717, 1.165) is 25.3 Å². The van der Waals surface area contributed by atoms with Crippen LogP contribution in [-0.4, -0.2) is 61.4 Å². The van der Waals surface area contributed by atoms with Crippen LogP contribution in [0.15, 0.2) is 36.7 Å². The van der Waals surface area contributed by atoms with E-state index in [-0.39, 0.29) is 12.0 Å². The standard InChI is InChI=1S/C21H28ClN3O3/c1-15(2)13-24-8-9-28-16(14-24)12-23-21(26)17-10-18(22)19(11-20(17)27-3)25-6-4-5-7-25/h4-7,10-11,15-16H,8-9,12-14H2,1-3H3,(H,23,26). The quantitative estimate of drug-likeness (QED) is 0.768. The summed E-state index contributed by atoms with van der Waals surface area (Å²) < 4.78 is 13.1. The highest BCUT2D eigenvalue weighted by Gasteiger charge is 2.23. The van der Waals surface area contributed by atoms with Crippen LogP contribution in [0.4, 0.5) is 0 Å². The number of halogens is 1. The van der Waals surface area contributed by atoms with Crippen LogP contribution in [-0.2, 0) is 4.74 Å². The molecule has 1 saturated heterocycles. The van der Waals surface area contributed by atoms with Crippen molar-refractivity contribution in [2.24, 2.45) is 5.92 Å². The molecule has 1 amide bonds. The number of ether oxygens (including phenoxy) is 2. The van der Waals surface area contributed by atoms with Gasteiger partial charge in [-0.1, -0.05) is 25.4 Å². The van der Waals surface area contributed by atoms with Crippen molar-refractivity contribution in [2.45, 2.75) is 20.0 Å². The first kappa shape index (κ1) is 20.7. The average molecular weight is 406 g/mol. The number of rotatable bonds is 7. The van der Waals surface area contributed by atoms with Gasteiger partial charge in [0.15, 0.2) is 0 Å². The molecule has 1 unspecified atom stereocenters. The fourth-order valence-electron chi connectivity index (χ4n) is 3.47. The van der Waals surface area contributed by atoms with E-state index in [1.807, 2.05) is 29.1 Å². The van der Waals surface area contributed by atoms with Crippen molar-refractivity contribution in [1.82, 2.24) is 14.8 Å². The predicted molar refractivity (Wildman–Crippen MR) is 111 cm³/mol. The number of carbonyl (C=O) groups excluding carboxylic acids is 1. The Kier molecular flexibility index (Phi) is 6.99. The molecule has 1 aromatic carbocycles. The van der Waals surface area contributed by atoms with Gasteiger partial charge in [0, 0.05) is 44.6 Å². The maximum Gasteiger partial charge on any atom is 0.255 e. The van der Waals surface area contributed by atoms with Crippen molar-refractivity contribution in [1.29, 1.82) is 0 Å². The number of hydrogen-bond donors (Lipinski definition) is 1. The Morgan fingerprint density at radius 2 is 2.11 bits per heavy atom. The van der Waals surface area contributed by atoms with Crippen LogP contribution in [0.3, 0.4) is 0 Å². The number of benzene rings is 1. The number of carbonyl (C=O) groups is 1. The molecule has 0 aliphatic carbocycles. The first-order chi connectivity index (χ1) is 13.5. The molecule has 1 aromatic heterocycles. The summed E-state index contributed by atoms with van der Waals surface area (Å²) in [4.78, 5) is 15.1. The van der Waals surface area contributed by atoms with Gasteiger partial charge in [-0.15, -0.1) is 0 Å². The largest absolute Gasteiger partial charge is 0.496 e. The van der Waals surface area contributed by atoms with Crippen molar-refractivity contribution in [3.05, 3.63) is 47.2 Å². The predicted octanol–water partition coefficient (Wildman–Crippen LogP) is 3.23. The van der Waals surface area contributed by atoms with Crippen LogP contribution in [0.5, 0.6) is 5.75 Å². The van der Waals surface area contributed by atoms with Crippen molar-refractivity contribution in [3.8, 4) is 11.4 Å². The Bertz CT molecular complexity index is 792. The van der Waals surface area contributed by atoms with Crippen molar-refractivity contribution < 1.29 is 14.3 Å². The summed E-state index contributed by atoms with van der Waals surface area (Å²) in [6.07, 6.45) is 3.77. The molecule has 2 heterocycles. The first-order valence-electron chi connectivity index (χ1n) is 9.61. The van der Waals surface area contributed by atoms with Crippen LogP contribution >= 0.6 is 11.6 Å². The Balaban J connectivity index is 1.66. The molecule has 1 atom stereocenters. The minimum atomic E-state index is -0.220. The van der Waals surface area contributed by atoms with Gasteiger partial charge in [0.2, 0.25) is 0 Å². The van der Waals surface area contributed by atoms with Gasteiger partial charge >= 0.3 is 0 Å². The second-order valence-electron chi connectivity index (χ2n) is 7.45. The molecular weight excluding hydrogens is 378 g/mol. The zero-order valence-electron chi connectivity index (χ0n) is 16.7. The molecule has 0 radical (unpaired) electrons. The van der Waals surface area contributed by atoms with Gasteiger partial charge in [-0.25, -0.2) is 0 Å². The smallest absolute Gasteiger partial charge is 0.255 e. The second kappa shape index (κ2) is 9.45. The van der Waals surface area contributed by atoms with Crippen LogP contribution in [0.25, 0.3) is 5.69 Å². The molecule has 0 spiro atoms. The average Bonchev–Trinajstić information content (AvgIpc) is 3.20. The molecule has 28 heavy (non-hydrogen) atoms. The summed E-state index contributed by atoms with van der Waals surface area (Å²) in [7, 11) is 1.55. The van der Waals surface area contributed by atoms with Crippen molar-refractivity contribution >= 4 is 17.5 Å². The van der Waals surface area contributed by atoms with E-state index >= 15 is 0 Å². The van der Waals surface area contributed by atoms with E-state index in [9.17, 15) is 4.79 Å². The monoisotopic (exact) mass is 405 g/mol. The summed E-state index contributed by atoms with van der Waals surface area (Å²) in [6.45, 7) is 8.36. The first-order valence-corrected chi connectivity index (χ1v) is 9.98. The SMILES string of the molecule is COc1cc(-n2cccc2)c(Cl)cc1C(=O)NCC1CN(CC(C)C)CCO1. The van der Waals surface area contributed by atoms with Crippen molar-refractivity contribution in [2.75, 3.05) is 39.9 Å². The molecule has 0 bridgehead atoms. The highest BCUT2D eigenvalue weighted by molar-refractivity contribution is 6.33. The maximum absolute atomic E-state index is 12.8. The zero-order chi connectivity index (χ0) is 20.1. The number of nitrogens with zero attached hydrogens (tertiary/aromatic N) is 2. The van der Waals surface area contributed by atoms with Crippen LogP contribution in [0.1, 0.15) is 24.2 Å². The highest BCUT2D eigenvalue weighted by Crippen LogP contribution is 2.30. The fraction of sp³-hybridized carbons (Fsp3) is 0.476. The van der Waals surface area contributed by atoms with Gasteiger partial charge in [0.1, 0.15) is 5.75 Å². The molecule has 1 aliphatic heterocycles. The van der Waals surface area contributed by atoms with Crippen LogP contribution < -0.4 is 10.1 Å². The topological polar surface area (TPSA) is 55.7 Å². The third kappa shape index (κ3) is 5.07. The lowest BCUT2D eigenvalue weighted by Crippen LogP contribution is -2.48. The Labute approximate surface area is 171 Å². The zero-order valence-corrected chi connectivity index (χ0v) is 17.4. The minimum absolute atomic E-state index is 0.0166. The molecule has 7 heteroatoms. The Hall–Kier alpha value is -2.02. The van der Waals surface area contributed by atoms with E-state index in [0.29, 0.717) is 35.4 Å². The number of hydrogen-bond acceptors (Lipinski definition) is 4. The van der Waals surface area contributed by atoms with Crippen molar-refractivity contribution in [3.63, 3.8) is 0 Å². The summed E-state index contributed by atoms with van der Waals surface area (Å²) in [5.41, 5.74) is 1.18. The van der Waals surface area contributed by atoms with Gasteiger partial charge in [0.05, 0.1) is 36.1 Å². The number of nitrogens with one attached hydrogen (secondary N) is 1. The highest BCUT2D eigenvalue weighted by atomic mass is 35.5. The lowest BCUT2D eigenvalue weighted by atomic mass is 10.1. The second-order valence-corrected chi connectivity index (χ2v) is 7.86. The lowest BCUT2D eigenvalue weighted by molar-refractivity contribution is -0.0295. The third-order valence-electron chi connectivity index (χ3n) is 4.73. The summed E-state index contributed by atoms with van der Waals surface area (Å²) in [5.74, 6) is 0.873. The Morgan fingerprint density at radius 3 is 2.79 bits per heavy atom. The molecule has 0 saturated carbocycles. The lowest BCUT2D eigenvalue weighted by Gasteiger charge is -2.34. The molecule has 1 aliphatic rings. The molecule has 1 fully saturated rings. The third-order valence-corrected chi connectivity index (χ3v) is 5.04.